The van der Waals surface area contributed by atoms with Crippen LogP contribution in [0.1, 0.15) is 29.8 Å². The van der Waals surface area contributed by atoms with Gasteiger partial charge in [-0.05, 0) is 42.5 Å². The van der Waals surface area contributed by atoms with Crippen LogP contribution in [0.25, 0.3) is 0 Å². The average molecular weight is 295 g/mol. The molecule has 1 unspecified atom stereocenters. The Labute approximate surface area is 120 Å². The first-order valence-electron chi connectivity index (χ1n) is 6.33. The molecule has 2 nitrogen and oxygen atoms in total. The molecular formula is C15H15F2NOS. The summed E-state index contributed by atoms with van der Waals surface area (Å²) in [6, 6.07) is 7.57. The molecule has 0 aliphatic carbocycles. The van der Waals surface area contributed by atoms with Crippen LogP contribution in [0.2, 0.25) is 0 Å². The molecule has 1 amide bonds. The zero-order valence-corrected chi connectivity index (χ0v) is 11.8. The van der Waals surface area contributed by atoms with Crippen LogP contribution >= 0.6 is 11.3 Å². The molecule has 1 aromatic carbocycles. The number of halogens is 2. The molecule has 106 valence electrons. The van der Waals surface area contributed by atoms with Crippen molar-refractivity contribution >= 4 is 17.2 Å². The summed E-state index contributed by atoms with van der Waals surface area (Å²) in [5, 5.41) is 4.84. The van der Waals surface area contributed by atoms with Gasteiger partial charge in [0.05, 0.1) is 6.04 Å². The Hall–Kier alpha value is -1.75. The molecule has 1 atom stereocenters. The first-order valence-corrected chi connectivity index (χ1v) is 7.21. The number of carbonyl (C=O) groups excluding carboxylic acids is 1. The van der Waals surface area contributed by atoms with Gasteiger partial charge in [-0.15, -0.1) is 11.3 Å². The summed E-state index contributed by atoms with van der Waals surface area (Å²) < 4.78 is 25.8. The third-order valence-corrected chi connectivity index (χ3v) is 4.03. The van der Waals surface area contributed by atoms with Crippen molar-refractivity contribution in [2.45, 2.75) is 25.8 Å². The molecule has 5 heteroatoms. The van der Waals surface area contributed by atoms with Crippen LogP contribution in [-0.4, -0.2) is 5.91 Å². The van der Waals surface area contributed by atoms with E-state index in [1.54, 1.807) is 11.3 Å². The quantitative estimate of drug-likeness (QED) is 0.892. The number of amides is 1. The van der Waals surface area contributed by atoms with Gasteiger partial charge in [0, 0.05) is 11.3 Å². The van der Waals surface area contributed by atoms with Crippen LogP contribution in [-0.2, 0) is 11.2 Å². The largest absolute Gasteiger partial charge is 0.349 e. The van der Waals surface area contributed by atoms with Crippen molar-refractivity contribution < 1.29 is 13.6 Å². The van der Waals surface area contributed by atoms with E-state index in [1.807, 2.05) is 24.4 Å². The Morgan fingerprint density at radius 2 is 2.10 bits per heavy atom. The third-order valence-electron chi connectivity index (χ3n) is 2.97. The van der Waals surface area contributed by atoms with E-state index in [2.05, 4.69) is 5.32 Å². The standard InChI is InChI=1S/C15H15F2NOS/c1-10(14-3-2-8-20-14)18-15(19)7-5-11-4-6-12(16)13(17)9-11/h2-4,6,8-10H,5,7H2,1H3,(H,18,19). The predicted molar refractivity (Wildman–Crippen MR) is 75.6 cm³/mol. The van der Waals surface area contributed by atoms with Crippen LogP contribution in [0, 0.1) is 11.6 Å². The first kappa shape index (κ1) is 14.7. The van der Waals surface area contributed by atoms with Gasteiger partial charge in [-0.3, -0.25) is 4.79 Å². The van der Waals surface area contributed by atoms with Gasteiger partial charge in [-0.25, -0.2) is 8.78 Å². The lowest BCUT2D eigenvalue weighted by atomic mass is 10.1. The summed E-state index contributed by atoms with van der Waals surface area (Å²) in [7, 11) is 0. The second-order valence-electron chi connectivity index (χ2n) is 4.55. The van der Waals surface area contributed by atoms with Gasteiger partial charge in [-0.1, -0.05) is 12.1 Å². The normalized spacial score (nSPS) is 12.2. The number of thiophene rings is 1. The topological polar surface area (TPSA) is 29.1 Å². The number of carbonyl (C=O) groups is 1. The van der Waals surface area contributed by atoms with Gasteiger partial charge in [0.25, 0.3) is 0 Å². The average Bonchev–Trinajstić information content (AvgIpc) is 2.94. The second-order valence-corrected chi connectivity index (χ2v) is 5.53. The van der Waals surface area contributed by atoms with E-state index < -0.39 is 11.6 Å². The summed E-state index contributed by atoms with van der Waals surface area (Å²) in [5.74, 6) is -1.85. The summed E-state index contributed by atoms with van der Waals surface area (Å²) >= 11 is 1.59. The molecule has 0 radical (unpaired) electrons. The van der Waals surface area contributed by atoms with Crippen LogP contribution < -0.4 is 5.32 Å². The molecule has 0 fully saturated rings. The molecule has 0 spiro atoms. The summed E-state index contributed by atoms with van der Waals surface area (Å²) in [6.07, 6.45) is 0.640. The molecule has 0 bridgehead atoms. The van der Waals surface area contributed by atoms with Crippen molar-refractivity contribution in [3.63, 3.8) is 0 Å². The van der Waals surface area contributed by atoms with Crippen LogP contribution in [0.4, 0.5) is 8.78 Å². The fourth-order valence-electron chi connectivity index (χ4n) is 1.88. The molecule has 0 aliphatic rings. The number of nitrogens with one attached hydrogen (secondary N) is 1. The predicted octanol–water partition coefficient (Wildman–Crippen LogP) is 3.84. The van der Waals surface area contributed by atoms with Gasteiger partial charge in [0.2, 0.25) is 5.91 Å². The SMILES string of the molecule is CC(NC(=O)CCc1ccc(F)c(F)c1)c1cccs1. The Kier molecular flexibility index (Phi) is 4.84. The van der Waals surface area contributed by atoms with E-state index in [9.17, 15) is 13.6 Å². The highest BCUT2D eigenvalue weighted by molar-refractivity contribution is 7.10. The van der Waals surface area contributed by atoms with Crippen molar-refractivity contribution in [3.05, 3.63) is 57.8 Å². The maximum Gasteiger partial charge on any atom is 0.220 e. The van der Waals surface area contributed by atoms with E-state index >= 15 is 0 Å². The molecule has 20 heavy (non-hydrogen) atoms. The van der Waals surface area contributed by atoms with E-state index in [-0.39, 0.29) is 18.4 Å². The lowest BCUT2D eigenvalue weighted by Gasteiger charge is -2.12. The van der Waals surface area contributed by atoms with Gasteiger partial charge in [0.15, 0.2) is 11.6 Å². The highest BCUT2D eigenvalue weighted by Crippen LogP contribution is 2.18. The molecule has 2 rings (SSSR count). The van der Waals surface area contributed by atoms with Crippen LogP contribution in [0.15, 0.2) is 35.7 Å². The van der Waals surface area contributed by atoms with Crippen LogP contribution in [0.5, 0.6) is 0 Å². The molecule has 2 aromatic rings. The smallest absolute Gasteiger partial charge is 0.220 e. The van der Waals surface area contributed by atoms with E-state index in [1.165, 1.54) is 6.07 Å². The Morgan fingerprint density at radius 3 is 2.75 bits per heavy atom. The zero-order valence-electron chi connectivity index (χ0n) is 11.0. The van der Waals surface area contributed by atoms with Crippen molar-refractivity contribution in [2.75, 3.05) is 0 Å². The lowest BCUT2D eigenvalue weighted by molar-refractivity contribution is -0.121. The first-order chi connectivity index (χ1) is 9.56. The number of benzene rings is 1. The number of rotatable bonds is 5. The Morgan fingerprint density at radius 1 is 1.30 bits per heavy atom. The van der Waals surface area contributed by atoms with Gasteiger partial charge < -0.3 is 5.32 Å². The molecular weight excluding hydrogens is 280 g/mol. The molecule has 1 N–H and O–H groups in total. The molecule has 0 saturated heterocycles. The third kappa shape index (κ3) is 3.87. The molecule has 1 heterocycles. The van der Waals surface area contributed by atoms with E-state index in [0.29, 0.717) is 12.0 Å². The highest BCUT2D eigenvalue weighted by atomic mass is 32.1. The maximum absolute atomic E-state index is 13.0. The number of hydrogen-bond acceptors (Lipinski definition) is 2. The van der Waals surface area contributed by atoms with Crippen molar-refractivity contribution in [3.8, 4) is 0 Å². The summed E-state index contributed by atoms with van der Waals surface area (Å²) in [6.45, 7) is 1.92. The van der Waals surface area contributed by atoms with E-state index in [4.69, 9.17) is 0 Å². The van der Waals surface area contributed by atoms with Crippen molar-refractivity contribution in [1.29, 1.82) is 0 Å². The van der Waals surface area contributed by atoms with Gasteiger partial charge in [0.1, 0.15) is 0 Å². The fraction of sp³-hybridized carbons (Fsp3) is 0.267. The van der Waals surface area contributed by atoms with Gasteiger partial charge >= 0.3 is 0 Å². The van der Waals surface area contributed by atoms with Crippen molar-refractivity contribution in [1.82, 2.24) is 5.32 Å². The highest BCUT2D eigenvalue weighted by Gasteiger charge is 2.11. The molecule has 0 saturated carbocycles. The van der Waals surface area contributed by atoms with Crippen molar-refractivity contribution in [2.24, 2.45) is 0 Å². The lowest BCUT2D eigenvalue weighted by Crippen LogP contribution is -2.26. The van der Waals surface area contributed by atoms with E-state index in [0.717, 1.165) is 17.0 Å². The van der Waals surface area contributed by atoms with Gasteiger partial charge in [-0.2, -0.15) is 0 Å². The zero-order chi connectivity index (χ0) is 14.5. The minimum Gasteiger partial charge on any atom is -0.349 e. The monoisotopic (exact) mass is 295 g/mol. The Balaban J connectivity index is 1.84. The molecule has 0 aliphatic heterocycles. The number of aryl methyl sites for hydroxylation is 1. The second kappa shape index (κ2) is 6.61. The maximum atomic E-state index is 13.0. The van der Waals surface area contributed by atoms with Crippen LogP contribution in [0.3, 0.4) is 0 Å². The number of hydrogen-bond donors (Lipinski definition) is 1. The minimum absolute atomic E-state index is 0.0348. The summed E-state index contributed by atoms with van der Waals surface area (Å²) in [5.41, 5.74) is 0.614. The summed E-state index contributed by atoms with van der Waals surface area (Å²) in [4.78, 5) is 12.9. The minimum atomic E-state index is -0.880. The molecule has 1 aromatic heterocycles. The fourth-order valence-corrected chi connectivity index (χ4v) is 2.61. The Bertz CT molecular complexity index is 584.